The van der Waals surface area contributed by atoms with Crippen LogP contribution in [0.2, 0.25) is 15.3 Å². The minimum Gasteiger partial charge on any atom is -0.478 e. The summed E-state index contributed by atoms with van der Waals surface area (Å²) in [5, 5.41) is 18.3. The third kappa shape index (κ3) is 17.4. The topological polar surface area (TPSA) is 303 Å². The van der Waals surface area contributed by atoms with Gasteiger partial charge in [0, 0.05) is 36.3 Å². The highest BCUT2D eigenvalue weighted by molar-refractivity contribution is 6.40. The fourth-order valence-electron chi connectivity index (χ4n) is 5.70. The van der Waals surface area contributed by atoms with E-state index in [0.717, 1.165) is 26.3 Å². The number of aromatic nitrogens is 9. The number of morpholine rings is 1. The number of amides is 1. The molecule has 5 aromatic heterocycles. The second-order valence-electron chi connectivity index (χ2n) is 14.5. The summed E-state index contributed by atoms with van der Waals surface area (Å²) in [6.07, 6.45) is 0.387. The number of anilines is 2. The number of aromatic carboxylic acids is 1. The first kappa shape index (κ1) is 59.5. The van der Waals surface area contributed by atoms with Crippen LogP contribution in [0.15, 0.2) is 70.5 Å². The Morgan fingerprint density at radius 2 is 1.14 bits per heavy atom. The highest BCUT2D eigenvalue weighted by atomic mass is 35.5. The van der Waals surface area contributed by atoms with Crippen molar-refractivity contribution in [1.82, 2.24) is 50.1 Å². The molecule has 8 heterocycles. The summed E-state index contributed by atoms with van der Waals surface area (Å²) in [7, 11) is 4.98. The predicted octanol–water partition coefficient (Wildman–Crippen LogP) is 8.96. The standard InChI is InChI=1S/C16H9ClF2N4O4.C11H6ClF2N3O2.C5H6ClN3O2.C5H5NO3.C5H11NO.CH2Cl2/c1-7-9(4-22-27-7)15(24)23-14-6-20-11(5-21-14)8-2-12-13(3-10(8)17)26-16(18,19)25-12;12-6-2-9-8(18-11(13,14)19-9)1-5(6)7-3-17-10(15)4-16-7;1-10-4-7-3(6)8-5(9-4)11-2;1-3-4(5(7)8)2-6-9-3;1-6-2-4-7-5-3-6;2-1-3/h2-6H,1H3,(H,21,23,24);1-4H,(H2,15,17);1-2H3;2H,1H3,(H,7,8);2-5H2,1H3;1H2. The predicted molar refractivity (Wildman–Crippen MR) is 262 cm³/mol. The average molecular weight is 1170 g/mol. The van der Waals surface area contributed by atoms with Crippen LogP contribution < -0.4 is 39.5 Å². The van der Waals surface area contributed by atoms with Crippen molar-refractivity contribution in [2.45, 2.75) is 26.4 Å². The maximum Gasteiger partial charge on any atom is 0.586 e. The van der Waals surface area contributed by atoms with Gasteiger partial charge in [0.2, 0.25) is 5.28 Å². The van der Waals surface area contributed by atoms with E-state index < -0.39 is 24.5 Å². The fraction of sp³-hybridized carbons (Fsp3) is 0.279. The number of benzene rings is 2. The number of aryl methyl sites for hydroxylation is 2. The smallest absolute Gasteiger partial charge is 0.478 e. The number of nitrogen functional groups attached to an aromatic ring is 1. The van der Waals surface area contributed by atoms with Crippen LogP contribution in [0.1, 0.15) is 32.2 Å². The molecular formula is C43H39Cl5F4N12O12. The number of methoxy groups -OCH3 is 2. The summed E-state index contributed by atoms with van der Waals surface area (Å²) in [6, 6.07) is 5.33. The maximum absolute atomic E-state index is 13.2. The molecule has 3 aliphatic heterocycles. The molecule has 0 atom stereocenters. The summed E-state index contributed by atoms with van der Waals surface area (Å²) in [6.45, 7) is 7.17. The fourth-order valence-corrected chi connectivity index (χ4v) is 6.35. The molecule has 0 bridgehead atoms. The number of rotatable bonds is 7. The lowest BCUT2D eigenvalue weighted by Crippen LogP contribution is -2.32. The number of carbonyl (C=O) groups excluding carboxylic acids is 1. The van der Waals surface area contributed by atoms with Crippen molar-refractivity contribution >= 4 is 81.5 Å². The third-order valence-corrected chi connectivity index (χ3v) is 10.0. The summed E-state index contributed by atoms with van der Waals surface area (Å²) >= 11 is 27.1. The van der Waals surface area contributed by atoms with Gasteiger partial charge in [0.05, 0.1) is 91.4 Å². The van der Waals surface area contributed by atoms with Gasteiger partial charge in [-0.2, -0.15) is 9.97 Å². The quantitative estimate of drug-likeness (QED) is 0.0990. The van der Waals surface area contributed by atoms with Crippen LogP contribution in [0.5, 0.6) is 35.0 Å². The number of halogens is 9. The molecule has 4 N–H and O–H groups in total. The Morgan fingerprint density at radius 3 is 1.50 bits per heavy atom. The zero-order chi connectivity index (χ0) is 55.7. The van der Waals surface area contributed by atoms with E-state index in [0.29, 0.717) is 34.0 Å². The molecule has 406 valence electrons. The van der Waals surface area contributed by atoms with Crippen LogP contribution >= 0.6 is 58.0 Å². The minimum absolute atomic E-state index is 0.0497. The van der Waals surface area contributed by atoms with Gasteiger partial charge in [0.15, 0.2) is 28.8 Å². The SMILES string of the molecule is CN1CCOCC1.COc1nc(Cl)nc(OC)n1.Cc1oncc1C(=O)Nc1cnc(-c2cc3c(cc2Cl)OC(F)(F)O3)cn1.Cc1oncc1C(=O)O.ClCCl.Nc1cnc(-c2cc3c(cc2Cl)OC(F)(F)O3)cn1. The van der Waals surface area contributed by atoms with Gasteiger partial charge in [0.1, 0.15) is 28.5 Å². The number of alkyl halides is 6. The molecule has 33 heteroatoms. The Labute approximate surface area is 451 Å². The molecule has 0 unspecified atom stereocenters. The van der Waals surface area contributed by atoms with Crippen LogP contribution in [0.25, 0.3) is 22.5 Å². The lowest BCUT2D eigenvalue weighted by atomic mass is 10.1. The van der Waals surface area contributed by atoms with Crippen molar-refractivity contribution in [3.8, 4) is 57.5 Å². The van der Waals surface area contributed by atoms with E-state index in [1.54, 1.807) is 13.8 Å². The Hall–Kier alpha value is -7.34. The molecule has 7 aromatic rings. The normalized spacial score (nSPS) is 14.0. The number of nitrogens with one attached hydrogen (secondary N) is 1. The Balaban J connectivity index is 0.000000188. The van der Waals surface area contributed by atoms with E-state index in [2.05, 4.69) is 85.9 Å². The molecule has 3 aliphatic rings. The summed E-state index contributed by atoms with van der Waals surface area (Å²) in [5.74, 6) is -0.919. The first-order valence-electron chi connectivity index (χ1n) is 20.9. The second kappa shape index (κ2) is 27.4. The lowest BCUT2D eigenvalue weighted by Gasteiger charge is -2.21. The highest BCUT2D eigenvalue weighted by Crippen LogP contribution is 2.47. The minimum atomic E-state index is -3.75. The molecule has 1 amide bonds. The molecule has 0 spiro atoms. The van der Waals surface area contributed by atoms with E-state index in [4.69, 9.17) is 87.6 Å². The van der Waals surface area contributed by atoms with Crippen molar-refractivity contribution in [1.29, 1.82) is 0 Å². The van der Waals surface area contributed by atoms with Gasteiger partial charge in [-0.3, -0.25) is 14.8 Å². The third-order valence-electron chi connectivity index (χ3n) is 9.24. The van der Waals surface area contributed by atoms with E-state index in [-0.39, 0.29) is 78.4 Å². The number of likely N-dealkylation sites (N-methyl/N-ethyl adjacent to an activating group) is 1. The number of carboxylic acids is 1. The first-order valence-corrected chi connectivity index (χ1v) is 23.1. The van der Waals surface area contributed by atoms with Crippen LogP contribution in [0, 0.1) is 13.8 Å². The number of nitrogens with two attached hydrogens (primary N) is 1. The zero-order valence-electron chi connectivity index (χ0n) is 39.7. The van der Waals surface area contributed by atoms with Crippen molar-refractivity contribution in [3.05, 3.63) is 99.4 Å². The molecule has 0 radical (unpaired) electrons. The van der Waals surface area contributed by atoms with Crippen molar-refractivity contribution in [2.75, 3.05) is 64.0 Å². The number of carboxylic acid groups (broad SMARTS) is 1. The Bertz CT molecular complexity index is 3030. The second-order valence-corrected chi connectivity index (χ2v) is 16.4. The largest absolute Gasteiger partial charge is 0.586 e. The van der Waals surface area contributed by atoms with Crippen LogP contribution in [0.4, 0.5) is 29.2 Å². The lowest BCUT2D eigenvalue weighted by molar-refractivity contribution is -0.287. The Kier molecular flexibility index (Phi) is 21.5. The van der Waals surface area contributed by atoms with Gasteiger partial charge < -0.3 is 63.3 Å². The highest BCUT2D eigenvalue weighted by Gasteiger charge is 2.45. The summed E-state index contributed by atoms with van der Waals surface area (Å²) < 4.78 is 93.4. The number of nitrogens with zero attached hydrogens (tertiary/aromatic N) is 10. The number of ether oxygens (including phenoxy) is 7. The molecule has 2 aromatic carbocycles. The van der Waals surface area contributed by atoms with Crippen LogP contribution in [-0.2, 0) is 4.74 Å². The van der Waals surface area contributed by atoms with Gasteiger partial charge >= 0.3 is 30.6 Å². The summed E-state index contributed by atoms with van der Waals surface area (Å²) in [5.41, 5.74) is 7.20. The maximum atomic E-state index is 13.2. The van der Waals surface area contributed by atoms with Gasteiger partial charge in [-0.15, -0.1) is 45.7 Å². The molecule has 0 saturated carbocycles. The van der Waals surface area contributed by atoms with E-state index in [1.807, 2.05) is 0 Å². The van der Waals surface area contributed by atoms with Gasteiger partial charge in [-0.1, -0.05) is 33.5 Å². The van der Waals surface area contributed by atoms with Crippen LogP contribution in [0.3, 0.4) is 0 Å². The van der Waals surface area contributed by atoms with Crippen LogP contribution in [-0.4, -0.2) is 133 Å². The molecule has 1 fully saturated rings. The summed E-state index contributed by atoms with van der Waals surface area (Å²) in [4.78, 5) is 51.6. The van der Waals surface area contributed by atoms with Crippen molar-refractivity contribution in [3.63, 3.8) is 0 Å². The van der Waals surface area contributed by atoms with Gasteiger partial charge in [-0.05, 0) is 44.6 Å². The number of fused-ring (bicyclic) bond motifs is 2. The molecule has 1 saturated heterocycles. The van der Waals surface area contributed by atoms with Gasteiger partial charge in [-0.25, -0.2) is 14.8 Å². The van der Waals surface area contributed by atoms with E-state index in [1.165, 1.54) is 75.7 Å². The first-order chi connectivity index (χ1) is 36.0. The molecule has 0 aliphatic carbocycles. The molecular weight excluding hydrogens is 1130 g/mol. The van der Waals surface area contributed by atoms with Crippen molar-refractivity contribution in [2.24, 2.45) is 0 Å². The van der Waals surface area contributed by atoms with Crippen molar-refractivity contribution < 1.29 is 74.5 Å². The monoisotopic (exact) mass is 1170 g/mol. The zero-order valence-corrected chi connectivity index (χ0v) is 43.5. The van der Waals surface area contributed by atoms with Gasteiger partial charge in [0.25, 0.3) is 5.91 Å². The van der Waals surface area contributed by atoms with E-state index >= 15 is 0 Å². The Morgan fingerprint density at radius 1 is 0.697 bits per heavy atom. The number of hydrogen-bond acceptors (Lipinski definition) is 22. The number of hydrogen-bond donors (Lipinski definition) is 3. The van der Waals surface area contributed by atoms with E-state index in [9.17, 15) is 27.2 Å². The molecule has 76 heavy (non-hydrogen) atoms. The number of carbonyl (C=O) groups is 2. The molecule has 24 nitrogen and oxygen atoms in total. The average Bonchev–Trinajstić information content (AvgIpc) is 4.16. The molecule has 10 rings (SSSR count).